The molecule has 0 aliphatic heterocycles. The molecule has 0 fully saturated rings. The molecular formula is C12H16ClFN2O. The van der Waals surface area contributed by atoms with Gasteiger partial charge < -0.3 is 10.2 Å². The molecule has 1 amide bonds. The van der Waals surface area contributed by atoms with Crippen molar-refractivity contribution in [2.75, 3.05) is 20.1 Å². The summed E-state index contributed by atoms with van der Waals surface area (Å²) >= 11 is 5.86. The molecule has 5 heteroatoms. The molecule has 0 unspecified atom stereocenters. The Morgan fingerprint density at radius 3 is 2.82 bits per heavy atom. The number of benzene rings is 1. The maximum absolute atomic E-state index is 12.8. The third-order valence-corrected chi connectivity index (χ3v) is 2.86. The third kappa shape index (κ3) is 4.32. The molecule has 0 atom stereocenters. The van der Waals surface area contributed by atoms with Gasteiger partial charge in [-0.3, -0.25) is 4.79 Å². The van der Waals surface area contributed by atoms with E-state index in [0.29, 0.717) is 18.1 Å². The lowest BCUT2D eigenvalue weighted by atomic mass is 10.2. The van der Waals surface area contributed by atoms with Gasteiger partial charge in [-0.25, -0.2) is 4.39 Å². The number of nitrogens with zero attached hydrogens (tertiary/aromatic N) is 1. The van der Waals surface area contributed by atoms with Crippen LogP contribution in [0.5, 0.6) is 0 Å². The first-order valence-electron chi connectivity index (χ1n) is 5.43. The number of rotatable bonds is 5. The number of carbonyl (C=O) groups is 1. The average molecular weight is 259 g/mol. The summed E-state index contributed by atoms with van der Waals surface area (Å²) in [6, 6.07) is 4.22. The van der Waals surface area contributed by atoms with E-state index in [1.54, 1.807) is 18.0 Å². The van der Waals surface area contributed by atoms with Crippen molar-refractivity contribution in [1.29, 1.82) is 0 Å². The summed E-state index contributed by atoms with van der Waals surface area (Å²) in [5, 5.41) is 3.35. The first-order valence-corrected chi connectivity index (χ1v) is 5.81. The fourth-order valence-corrected chi connectivity index (χ4v) is 1.51. The van der Waals surface area contributed by atoms with Gasteiger partial charge in [0, 0.05) is 25.2 Å². The second-order valence-electron chi connectivity index (χ2n) is 3.75. The van der Waals surface area contributed by atoms with Gasteiger partial charge in [-0.15, -0.1) is 0 Å². The molecule has 94 valence electrons. The van der Waals surface area contributed by atoms with Gasteiger partial charge in [0.25, 0.3) is 0 Å². The van der Waals surface area contributed by atoms with Crippen molar-refractivity contribution in [2.24, 2.45) is 0 Å². The van der Waals surface area contributed by atoms with Crippen LogP contribution in [0.1, 0.15) is 12.5 Å². The molecule has 0 spiro atoms. The van der Waals surface area contributed by atoms with Gasteiger partial charge in [0.15, 0.2) is 0 Å². The van der Waals surface area contributed by atoms with E-state index < -0.39 is 0 Å². The van der Waals surface area contributed by atoms with E-state index in [1.165, 1.54) is 12.1 Å². The van der Waals surface area contributed by atoms with E-state index >= 15 is 0 Å². The topological polar surface area (TPSA) is 32.3 Å². The van der Waals surface area contributed by atoms with Crippen molar-refractivity contribution < 1.29 is 9.18 Å². The first kappa shape index (κ1) is 13.9. The number of likely N-dealkylation sites (N-methyl/N-ethyl adjacent to an activating group) is 1. The van der Waals surface area contributed by atoms with E-state index in [4.69, 9.17) is 11.6 Å². The second-order valence-corrected chi connectivity index (χ2v) is 4.15. The van der Waals surface area contributed by atoms with Gasteiger partial charge in [0.2, 0.25) is 5.91 Å². The largest absolute Gasteiger partial charge is 0.345 e. The van der Waals surface area contributed by atoms with Crippen LogP contribution in [-0.4, -0.2) is 30.9 Å². The molecule has 0 aliphatic rings. The van der Waals surface area contributed by atoms with Crippen molar-refractivity contribution in [3.05, 3.63) is 34.6 Å². The van der Waals surface area contributed by atoms with Crippen LogP contribution in [0.4, 0.5) is 4.39 Å². The molecule has 1 N–H and O–H groups in total. The Bertz CT molecular complexity index is 398. The highest BCUT2D eigenvalue weighted by atomic mass is 35.5. The molecule has 0 bridgehead atoms. The Labute approximate surface area is 106 Å². The number of hydrogen-bond acceptors (Lipinski definition) is 2. The first-order chi connectivity index (χ1) is 8.04. The van der Waals surface area contributed by atoms with Gasteiger partial charge in [-0.1, -0.05) is 17.7 Å². The smallest absolute Gasteiger partial charge is 0.236 e. The van der Waals surface area contributed by atoms with E-state index in [2.05, 4.69) is 5.32 Å². The van der Waals surface area contributed by atoms with Crippen molar-refractivity contribution in [1.82, 2.24) is 10.2 Å². The Morgan fingerprint density at radius 1 is 1.53 bits per heavy atom. The minimum Gasteiger partial charge on any atom is -0.345 e. The van der Waals surface area contributed by atoms with Gasteiger partial charge >= 0.3 is 0 Å². The molecule has 0 radical (unpaired) electrons. The van der Waals surface area contributed by atoms with E-state index in [1.807, 2.05) is 6.92 Å². The summed E-state index contributed by atoms with van der Waals surface area (Å²) in [6.45, 7) is 3.28. The molecule has 0 aliphatic carbocycles. The SMILES string of the molecule is CCN(C)C(=O)CNCc1ccc(F)cc1Cl. The van der Waals surface area contributed by atoms with Crippen LogP contribution in [0.25, 0.3) is 0 Å². The summed E-state index contributed by atoms with van der Waals surface area (Å²) in [5.74, 6) is -0.341. The summed E-state index contributed by atoms with van der Waals surface area (Å²) in [7, 11) is 1.74. The minimum absolute atomic E-state index is 0.0192. The van der Waals surface area contributed by atoms with Crippen molar-refractivity contribution in [2.45, 2.75) is 13.5 Å². The van der Waals surface area contributed by atoms with Gasteiger partial charge in [-0.2, -0.15) is 0 Å². The van der Waals surface area contributed by atoms with Crippen LogP contribution in [0.3, 0.4) is 0 Å². The third-order valence-electron chi connectivity index (χ3n) is 2.51. The van der Waals surface area contributed by atoms with Gasteiger partial charge in [-0.05, 0) is 24.6 Å². The summed E-state index contributed by atoms with van der Waals surface area (Å²) in [6.07, 6.45) is 0. The van der Waals surface area contributed by atoms with E-state index in [9.17, 15) is 9.18 Å². The fourth-order valence-electron chi connectivity index (χ4n) is 1.28. The standard InChI is InChI=1S/C12H16ClFN2O/c1-3-16(2)12(17)8-15-7-9-4-5-10(14)6-11(9)13/h4-6,15H,3,7-8H2,1-2H3. The Morgan fingerprint density at radius 2 is 2.24 bits per heavy atom. The number of amides is 1. The highest BCUT2D eigenvalue weighted by Gasteiger charge is 2.06. The maximum atomic E-state index is 12.8. The van der Waals surface area contributed by atoms with Crippen LogP contribution in [0.15, 0.2) is 18.2 Å². The summed E-state index contributed by atoms with van der Waals surface area (Å²) in [5.41, 5.74) is 0.778. The molecule has 1 aromatic carbocycles. The Balaban J connectivity index is 2.43. The zero-order valence-electron chi connectivity index (χ0n) is 9.96. The number of nitrogens with one attached hydrogen (secondary N) is 1. The van der Waals surface area contributed by atoms with Crippen LogP contribution in [-0.2, 0) is 11.3 Å². The van der Waals surface area contributed by atoms with Crippen LogP contribution < -0.4 is 5.32 Å². The highest BCUT2D eigenvalue weighted by molar-refractivity contribution is 6.31. The molecular weight excluding hydrogens is 243 g/mol. The van der Waals surface area contributed by atoms with Gasteiger partial charge in [0.1, 0.15) is 5.82 Å². The average Bonchev–Trinajstić information content (AvgIpc) is 2.30. The van der Waals surface area contributed by atoms with Crippen LogP contribution >= 0.6 is 11.6 Å². The second kappa shape index (κ2) is 6.57. The van der Waals surface area contributed by atoms with Crippen molar-refractivity contribution in [3.8, 4) is 0 Å². The molecule has 1 rings (SSSR count). The quantitative estimate of drug-likeness (QED) is 0.877. The molecule has 0 saturated carbocycles. The van der Waals surface area contributed by atoms with Crippen LogP contribution in [0, 0.1) is 5.82 Å². The monoisotopic (exact) mass is 258 g/mol. The highest BCUT2D eigenvalue weighted by Crippen LogP contribution is 2.16. The van der Waals surface area contributed by atoms with Crippen molar-refractivity contribution in [3.63, 3.8) is 0 Å². The summed E-state index contributed by atoms with van der Waals surface area (Å²) < 4.78 is 12.8. The lowest BCUT2D eigenvalue weighted by Gasteiger charge is -2.14. The Hall–Kier alpha value is -1.13. The molecule has 17 heavy (non-hydrogen) atoms. The normalized spacial score (nSPS) is 10.4. The number of carbonyl (C=O) groups excluding carboxylic acids is 1. The van der Waals surface area contributed by atoms with Crippen LogP contribution in [0.2, 0.25) is 5.02 Å². The predicted octanol–water partition coefficient (Wildman–Crippen LogP) is 2.05. The maximum Gasteiger partial charge on any atom is 0.236 e. The fraction of sp³-hybridized carbons (Fsp3) is 0.417. The lowest BCUT2D eigenvalue weighted by molar-refractivity contribution is -0.128. The van der Waals surface area contributed by atoms with E-state index in [-0.39, 0.29) is 18.3 Å². The molecule has 1 aromatic rings. The number of halogens is 2. The molecule has 0 aromatic heterocycles. The van der Waals surface area contributed by atoms with Crippen molar-refractivity contribution >= 4 is 17.5 Å². The molecule has 0 heterocycles. The Kier molecular flexibility index (Phi) is 5.38. The zero-order chi connectivity index (χ0) is 12.8. The van der Waals surface area contributed by atoms with E-state index in [0.717, 1.165) is 5.56 Å². The lowest BCUT2D eigenvalue weighted by Crippen LogP contribution is -2.35. The molecule has 0 saturated heterocycles. The predicted molar refractivity (Wildman–Crippen MR) is 66.4 cm³/mol. The summed E-state index contributed by atoms with van der Waals surface area (Å²) in [4.78, 5) is 13.1. The zero-order valence-corrected chi connectivity index (χ0v) is 10.7. The molecule has 3 nitrogen and oxygen atoms in total. The number of hydrogen-bond donors (Lipinski definition) is 1. The minimum atomic E-state index is -0.361. The van der Waals surface area contributed by atoms with Gasteiger partial charge in [0.05, 0.1) is 6.54 Å².